The second-order valence-electron chi connectivity index (χ2n) is 20.0. The Labute approximate surface area is 459 Å². The minimum Gasteiger partial charge on any atom is -0.497 e. The Morgan fingerprint density at radius 2 is 1.32 bits per heavy atom. The molecule has 1 amide bonds. The second-order valence-corrected chi connectivity index (χ2v) is 21.0. The van der Waals surface area contributed by atoms with Gasteiger partial charge in [0.2, 0.25) is 0 Å². The van der Waals surface area contributed by atoms with E-state index in [0.29, 0.717) is 17.1 Å². The molecule has 16 heteroatoms. The van der Waals surface area contributed by atoms with Crippen molar-refractivity contribution in [1.29, 1.82) is 5.26 Å². The zero-order chi connectivity index (χ0) is 55.2. The quantitative estimate of drug-likeness (QED) is 0.0386. The standard InChI is InChI=1S/C63H62N5O10P/c1-40(2)68(41(3)4)50(36-64)38-76-79(71)78-58-54(39-75-63(47-18-11-8-12-19-47,48-25-29-51(72-5)30-26-48)49-27-31-52(73-6)32-28-49)77-61(67-35-34-55(66-62(67)70)65-60(69)45-14-9-7-10-15-45)59(58)74-37-46-23-22-44-21-20-42-16-13-17-43-24-33-53(46)57(44)56(42)43/h7-35,40-41,50,54,58-59,61,79H,37-39H2,1-6H3,(H,65,66,69,70)/t50?,54-,58?,59?,61-/m1/s1. The maximum absolute atomic E-state index is 14.6. The van der Waals surface area contributed by atoms with Crippen molar-refractivity contribution in [3.8, 4) is 17.6 Å². The average molecular weight is 1080 g/mol. The first kappa shape index (κ1) is 54.6. The molecule has 0 saturated carbocycles. The van der Waals surface area contributed by atoms with E-state index in [4.69, 9.17) is 32.7 Å². The molecule has 9 aromatic rings. The molecule has 0 aliphatic carbocycles. The predicted octanol–water partition coefficient (Wildman–Crippen LogP) is 11.7. The number of nitrogens with zero attached hydrogens (tertiary/aromatic N) is 4. The highest BCUT2D eigenvalue weighted by Gasteiger charge is 2.51. The van der Waals surface area contributed by atoms with E-state index in [9.17, 15) is 19.4 Å². The van der Waals surface area contributed by atoms with Gasteiger partial charge in [0.1, 0.15) is 47.3 Å². The van der Waals surface area contributed by atoms with Crippen LogP contribution in [-0.2, 0) is 40.0 Å². The second kappa shape index (κ2) is 24.1. The summed E-state index contributed by atoms with van der Waals surface area (Å²) in [5.41, 5.74) is 1.37. The van der Waals surface area contributed by atoms with Gasteiger partial charge in [-0.15, -0.1) is 0 Å². The number of hydrogen-bond donors (Lipinski definition) is 1. The van der Waals surface area contributed by atoms with E-state index in [2.05, 4.69) is 58.8 Å². The number of ether oxygens (including phenoxy) is 5. The van der Waals surface area contributed by atoms with Crippen LogP contribution < -0.4 is 20.5 Å². The molecule has 79 heavy (non-hydrogen) atoms. The van der Waals surface area contributed by atoms with Crippen LogP contribution in [0.25, 0.3) is 32.3 Å². The summed E-state index contributed by atoms with van der Waals surface area (Å²) in [5.74, 6) is 0.838. The number of hydrogen-bond acceptors (Lipinski definition) is 13. The SMILES string of the molecule is COc1ccc(C(OC[C@H]2O[C@@H](n3ccc(NC(=O)c4ccccc4)nc3=O)C(OCc3ccc4ccc5cccc6ccc3c4c56)C2O[PH](=O)OCC(C#N)N(C(C)C)C(C)C)(c2ccccc2)c2ccc(OC)cc2)cc1. The number of nitrogens with one attached hydrogen (secondary N) is 1. The summed E-state index contributed by atoms with van der Waals surface area (Å²) < 4.78 is 61.2. The summed E-state index contributed by atoms with van der Waals surface area (Å²) in [7, 11) is -0.276. The topological polar surface area (TPSA) is 173 Å². The van der Waals surface area contributed by atoms with Crippen LogP contribution in [0.5, 0.6) is 11.5 Å². The molecule has 8 aromatic carbocycles. The molecule has 1 N–H and O–H groups in total. The van der Waals surface area contributed by atoms with E-state index in [-0.39, 0.29) is 37.7 Å². The molecular formula is C63H62N5O10P. The van der Waals surface area contributed by atoms with E-state index < -0.39 is 56.0 Å². The first-order valence-corrected chi connectivity index (χ1v) is 27.5. The lowest BCUT2D eigenvalue weighted by Crippen LogP contribution is -2.46. The fraction of sp³-hybridized carbons (Fsp3) is 0.270. The average Bonchev–Trinajstić information content (AvgIpc) is 4.00. The molecule has 0 bridgehead atoms. The molecular weight excluding hydrogens is 1020 g/mol. The highest BCUT2D eigenvalue weighted by Crippen LogP contribution is 2.46. The monoisotopic (exact) mass is 1080 g/mol. The van der Waals surface area contributed by atoms with Crippen LogP contribution in [0.3, 0.4) is 0 Å². The van der Waals surface area contributed by atoms with Crippen molar-refractivity contribution < 1.29 is 42.1 Å². The number of methoxy groups -OCH3 is 2. The first-order valence-electron chi connectivity index (χ1n) is 26.3. The Hall–Kier alpha value is -7.77. The van der Waals surface area contributed by atoms with Gasteiger partial charge in [0, 0.05) is 23.8 Å². The number of amides is 1. The van der Waals surface area contributed by atoms with E-state index in [1.165, 1.54) is 16.8 Å². The van der Waals surface area contributed by atoms with Crippen LogP contribution in [-0.4, -0.2) is 84.2 Å². The predicted molar refractivity (Wildman–Crippen MR) is 305 cm³/mol. The largest absolute Gasteiger partial charge is 0.497 e. The molecule has 1 fully saturated rings. The molecule has 1 saturated heterocycles. The van der Waals surface area contributed by atoms with E-state index >= 15 is 0 Å². The Bertz CT molecular complexity index is 3600. The zero-order valence-corrected chi connectivity index (χ0v) is 45.8. The summed E-state index contributed by atoms with van der Waals surface area (Å²) >= 11 is 0. The first-order chi connectivity index (χ1) is 38.4. The van der Waals surface area contributed by atoms with Crippen molar-refractivity contribution in [1.82, 2.24) is 14.5 Å². The van der Waals surface area contributed by atoms with Gasteiger partial charge in [-0.2, -0.15) is 10.2 Å². The smallest absolute Gasteiger partial charge is 0.351 e. The lowest BCUT2D eigenvalue weighted by molar-refractivity contribution is -0.0986. The van der Waals surface area contributed by atoms with Crippen molar-refractivity contribution in [2.45, 2.75) is 82.6 Å². The highest BCUT2D eigenvalue weighted by atomic mass is 31.1. The summed E-state index contributed by atoms with van der Waals surface area (Å²) in [4.78, 5) is 34.0. The third-order valence-electron chi connectivity index (χ3n) is 14.6. The normalized spacial score (nSPS) is 17.4. The molecule has 404 valence electrons. The van der Waals surface area contributed by atoms with Gasteiger partial charge in [-0.25, -0.2) is 4.79 Å². The maximum atomic E-state index is 14.6. The van der Waals surface area contributed by atoms with Gasteiger partial charge in [0.05, 0.1) is 40.1 Å². The van der Waals surface area contributed by atoms with Gasteiger partial charge in [-0.1, -0.05) is 127 Å². The zero-order valence-electron chi connectivity index (χ0n) is 44.8. The Morgan fingerprint density at radius 3 is 1.91 bits per heavy atom. The van der Waals surface area contributed by atoms with Crippen molar-refractivity contribution in [2.24, 2.45) is 0 Å². The molecule has 10 rings (SSSR count). The fourth-order valence-corrected chi connectivity index (χ4v) is 11.9. The van der Waals surface area contributed by atoms with Crippen molar-refractivity contribution >= 4 is 52.3 Å². The van der Waals surface area contributed by atoms with Crippen molar-refractivity contribution in [3.05, 3.63) is 214 Å². The number of nitriles is 1. The summed E-state index contributed by atoms with van der Waals surface area (Å²) in [6.45, 7) is 7.50. The fourth-order valence-electron chi connectivity index (χ4n) is 11.0. The molecule has 0 spiro atoms. The number of anilines is 1. The Kier molecular flexibility index (Phi) is 16.6. The van der Waals surface area contributed by atoms with Gasteiger partial charge in [-0.3, -0.25) is 18.8 Å². The third-order valence-corrected chi connectivity index (χ3v) is 15.5. The summed E-state index contributed by atoms with van der Waals surface area (Å²) in [5, 5.41) is 19.6. The number of benzene rings is 8. The summed E-state index contributed by atoms with van der Waals surface area (Å²) in [6, 6.07) is 55.3. The minimum absolute atomic E-state index is 0.00120. The molecule has 0 radical (unpaired) electrons. The van der Waals surface area contributed by atoms with Crippen LogP contribution >= 0.6 is 8.25 Å². The number of carbonyl (C=O) groups is 1. The lowest BCUT2D eigenvalue weighted by atomic mass is 9.80. The minimum atomic E-state index is -3.48. The van der Waals surface area contributed by atoms with E-state index in [1.807, 2.05) is 124 Å². The van der Waals surface area contributed by atoms with Crippen LogP contribution in [0.4, 0.5) is 5.82 Å². The third kappa shape index (κ3) is 11.3. The van der Waals surface area contributed by atoms with Gasteiger partial charge < -0.3 is 38.0 Å². The van der Waals surface area contributed by atoms with Gasteiger partial charge >= 0.3 is 13.9 Å². The molecule has 4 unspecified atom stereocenters. The number of rotatable bonds is 22. The molecule has 15 nitrogen and oxygen atoms in total. The van der Waals surface area contributed by atoms with Gasteiger partial charge in [0.15, 0.2) is 6.23 Å². The van der Waals surface area contributed by atoms with Crippen LogP contribution in [0, 0.1) is 11.3 Å². The molecule has 6 atom stereocenters. The summed E-state index contributed by atoms with van der Waals surface area (Å²) in [6.07, 6.45) is -3.35. The van der Waals surface area contributed by atoms with E-state index in [0.717, 1.165) is 54.6 Å². The number of aromatic nitrogens is 2. The van der Waals surface area contributed by atoms with Crippen molar-refractivity contribution in [2.75, 3.05) is 32.8 Å². The van der Waals surface area contributed by atoms with Crippen LogP contribution in [0.1, 0.15) is 66.5 Å². The maximum Gasteiger partial charge on any atom is 0.351 e. The Balaban J connectivity index is 1.08. The Morgan fingerprint density at radius 1 is 0.734 bits per heavy atom. The lowest BCUT2D eigenvalue weighted by Gasteiger charge is -2.37. The molecule has 2 heterocycles. The molecule has 1 aromatic heterocycles. The van der Waals surface area contributed by atoms with Gasteiger partial charge in [-0.05, 0) is 125 Å². The molecule has 1 aliphatic heterocycles. The highest BCUT2D eigenvalue weighted by molar-refractivity contribution is 7.33. The van der Waals surface area contributed by atoms with Gasteiger partial charge in [0.25, 0.3) is 5.91 Å². The van der Waals surface area contributed by atoms with Crippen LogP contribution in [0.2, 0.25) is 0 Å². The number of carbonyl (C=O) groups excluding carboxylic acids is 1. The van der Waals surface area contributed by atoms with E-state index in [1.54, 1.807) is 44.6 Å². The molecule has 1 aliphatic rings. The van der Waals surface area contributed by atoms with Crippen LogP contribution in [0.15, 0.2) is 181 Å². The van der Waals surface area contributed by atoms with Crippen molar-refractivity contribution in [3.63, 3.8) is 0 Å².